The van der Waals surface area contributed by atoms with Gasteiger partial charge < -0.3 is 14.2 Å². The Morgan fingerprint density at radius 3 is 2.38 bits per heavy atom. The van der Waals surface area contributed by atoms with Crippen LogP contribution in [0.3, 0.4) is 0 Å². The van der Waals surface area contributed by atoms with Crippen molar-refractivity contribution in [2.45, 2.75) is 69.9 Å². The molecule has 0 aromatic carbocycles. The summed E-state index contributed by atoms with van der Waals surface area (Å²) < 4.78 is 9.45. The molecule has 2 aliphatic carbocycles. The van der Waals surface area contributed by atoms with Gasteiger partial charge in [0.05, 0.1) is 7.11 Å². The van der Waals surface area contributed by atoms with Gasteiger partial charge in [0.1, 0.15) is 17.7 Å². The second-order valence-electron chi connectivity index (χ2n) is 12.9. The quantitative estimate of drug-likeness (QED) is 0.371. The van der Waals surface area contributed by atoms with Gasteiger partial charge in [-0.05, 0) is 88.1 Å². The molecule has 0 radical (unpaired) electrons. The molecular weight excluding hydrogens is 500 g/mol. The number of nitrogens with zero attached hydrogens (tertiary/aromatic N) is 8. The first kappa shape index (κ1) is 24.7. The molecule has 2 saturated carbocycles. The van der Waals surface area contributed by atoms with Crippen molar-refractivity contribution in [2.75, 3.05) is 33.3 Å². The molecule has 8 rings (SSSR count). The van der Waals surface area contributed by atoms with E-state index >= 15 is 0 Å². The van der Waals surface area contributed by atoms with Gasteiger partial charge in [0, 0.05) is 55.6 Å². The fourth-order valence-corrected chi connectivity index (χ4v) is 8.18. The van der Waals surface area contributed by atoms with E-state index in [9.17, 15) is 0 Å². The van der Waals surface area contributed by atoms with Gasteiger partial charge in [-0.25, -0.2) is 19.5 Å². The molecule has 0 unspecified atom stereocenters. The van der Waals surface area contributed by atoms with Crippen LogP contribution in [0.25, 0.3) is 28.2 Å². The lowest BCUT2D eigenvalue weighted by Gasteiger charge is -2.38. The topological polar surface area (TPSA) is 76.6 Å². The Bertz CT molecular complexity index is 1550. The van der Waals surface area contributed by atoms with Crippen molar-refractivity contribution in [3.05, 3.63) is 35.9 Å². The zero-order valence-corrected chi connectivity index (χ0v) is 24.0. The van der Waals surface area contributed by atoms with Crippen molar-refractivity contribution in [1.82, 2.24) is 38.9 Å². The Morgan fingerprint density at radius 2 is 1.68 bits per heavy atom. The SMILES string of the molecule is COc1cc(-c2nc3c(C)cc(C4CCN([C@H]5C[C@@H]6CN(C7CCC7)C[C@@H]6C5)CC4)nc3n2C)cn2ncnc12. The molecule has 0 amide bonds. The highest BCUT2D eigenvalue weighted by atomic mass is 16.5. The first-order valence-electron chi connectivity index (χ1n) is 15.3. The summed E-state index contributed by atoms with van der Waals surface area (Å²) in [4.78, 5) is 20.2. The van der Waals surface area contributed by atoms with E-state index in [1.54, 1.807) is 18.0 Å². The maximum absolute atomic E-state index is 5.59. The van der Waals surface area contributed by atoms with Gasteiger partial charge in [-0.3, -0.25) is 4.90 Å². The molecular formula is C31H40N8O. The number of fused-ring (bicyclic) bond motifs is 3. The van der Waals surface area contributed by atoms with Crippen molar-refractivity contribution >= 4 is 16.8 Å². The summed E-state index contributed by atoms with van der Waals surface area (Å²) in [7, 11) is 3.72. The molecule has 0 bridgehead atoms. The van der Waals surface area contributed by atoms with Crippen molar-refractivity contribution < 1.29 is 4.74 Å². The highest BCUT2D eigenvalue weighted by molar-refractivity contribution is 5.81. The maximum Gasteiger partial charge on any atom is 0.197 e. The largest absolute Gasteiger partial charge is 0.493 e. The average molecular weight is 541 g/mol. The van der Waals surface area contributed by atoms with Gasteiger partial charge in [0.15, 0.2) is 17.0 Å². The molecule has 2 aliphatic heterocycles. The zero-order chi connectivity index (χ0) is 27.0. The van der Waals surface area contributed by atoms with Crippen molar-refractivity contribution in [2.24, 2.45) is 18.9 Å². The van der Waals surface area contributed by atoms with E-state index in [1.165, 1.54) is 82.4 Å². The van der Waals surface area contributed by atoms with Crippen molar-refractivity contribution in [3.63, 3.8) is 0 Å². The Morgan fingerprint density at radius 1 is 0.900 bits per heavy atom. The zero-order valence-electron chi connectivity index (χ0n) is 24.0. The smallest absolute Gasteiger partial charge is 0.197 e. The Labute approximate surface area is 235 Å². The summed E-state index contributed by atoms with van der Waals surface area (Å²) in [6.07, 6.45) is 13.1. The van der Waals surface area contributed by atoms with Crippen LogP contribution >= 0.6 is 0 Å². The molecule has 40 heavy (non-hydrogen) atoms. The Balaban J connectivity index is 0.984. The van der Waals surface area contributed by atoms with Crippen LogP contribution in [0.2, 0.25) is 0 Å². The summed E-state index contributed by atoms with van der Waals surface area (Å²) >= 11 is 0. The van der Waals surface area contributed by atoms with E-state index in [2.05, 4.69) is 44.5 Å². The minimum Gasteiger partial charge on any atom is -0.493 e. The Kier molecular flexibility index (Phi) is 5.88. The second-order valence-corrected chi connectivity index (χ2v) is 12.9. The van der Waals surface area contributed by atoms with E-state index in [1.807, 2.05) is 12.3 Å². The highest BCUT2D eigenvalue weighted by Crippen LogP contribution is 2.44. The lowest BCUT2D eigenvalue weighted by atomic mass is 9.90. The third-order valence-corrected chi connectivity index (χ3v) is 10.7. The van der Waals surface area contributed by atoms with Crippen LogP contribution in [0, 0.1) is 18.8 Å². The fraction of sp³-hybridized carbons (Fsp3) is 0.613. The van der Waals surface area contributed by atoms with E-state index < -0.39 is 0 Å². The first-order chi connectivity index (χ1) is 19.6. The van der Waals surface area contributed by atoms with E-state index in [4.69, 9.17) is 14.7 Å². The summed E-state index contributed by atoms with van der Waals surface area (Å²) in [5, 5.41) is 4.32. The third-order valence-electron chi connectivity index (χ3n) is 10.7. The lowest BCUT2D eigenvalue weighted by molar-refractivity contribution is 0.120. The molecule has 3 atom stereocenters. The number of likely N-dealkylation sites (tertiary alicyclic amines) is 2. The number of rotatable bonds is 5. The number of piperidine rings is 1. The number of hydrogen-bond donors (Lipinski definition) is 0. The van der Waals surface area contributed by atoms with Gasteiger partial charge >= 0.3 is 0 Å². The molecule has 9 nitrogen and oxygen atoms in total. The molecule has 4 aromatic heterocycles. The number of imidazole rings is 1. The van der Waals surface area contributed by atoms with Crippen LogP contribution < -0.4 is 4.74 Å². The van der Waals surface area contributed by atoms with E-state index in [0.717, 1.165) is 46.5 Å². The van der Waals surface area contributed by atoms with Gasteiger partial charge in [-0.15, -0.1) is 0 Å². The molecule has 210 valence electrons. The highest BCUT2D eigenvalue weighted by Gasteiger charge is 2.45. The minimum absolute atomic E-state index is 0.513. The van der Waals surface area contributed by atoms with Gasteiger partial charge in [-0.1, -0.05) is 6.42 Å². The second kappa shape index (κ2) is 9.52. The molecule has 4 aliphatic rings. The molecule has 6 heterocycles. The van der Waals surface area contributed by atoms with Crippen LogP contribution in [0.5, 0.6) is 5.75 Å². The van der Waals surface area contributed by atoms with Gasteiger partial charge in [-0.2, -0.15) is 5.10 Å². The van der Waals surface area contributed by atoms with Crippen LogP contribution in [-0.4, -0.2) is 84.3 Å². The molecule has 0 N–H and O–H groups in total. The lowest BCUT2D eigenvalue weighted by Crippen LogP contribution is -2.42. The van der Waals surface area contributed by atoms with Crippen molar-refractivity contribution in [1.29, 1.82) is 0 Å². The Hall–Kier alpha value is -3.04. The van der Waals surface area contributed by atoms with Gasteiger partial charge in [0.25, 0.3) is 0 Å². The third kappa shape index (κ3) is 3.96. The summed E-state index contributed by atoms with van der Waals surface area (Å²) in [5.74, 6) is 3.94. The predicted octanol–water partition coefficient (Wildman–Crippen LogP) is 4.44. The number of ether oxygens (including phenoxy) is 1. The number of aryl methyl sites for hydroxylation is 2. The summed E-state index contributed by atoms with van der Waals surface area (Å²) in [6.45, 7) is 7.32. The van der Waals surface area contributed by atoms with Crippen molar-refractivity contribution in [3.8, 4) is 17.1 Å². The number of methoxy groups -OCH3 is 1. The molecule has 4 fully saturated rings. The first-order valence-corrected chi connectivity index (χ1v) is 15.3. The molecule has 0 spiro atoms. The molecule has 4 aromatic rings. The summed E-state index contributed by atoms with van der Waals surface area (Å²) in [5.41, 5.74) is 5.96. The number of aromatic nitrogens is 6. The average Bonchev–Trinajstić information content (AvgIpc) is 3.70. The fourth-order valence-electron chi connectivity index (χ4n) is 8.18. The number of hydrogen-bond acceptors (Lipinski definition) is 7. The maximum atomic E-state index is 5.59. The minimum atomic E-state index is 0.513. The van der Waals surface area contributed by atoms with Crippen LogP contribution in [-0.2, 0) is 7.05 Å². The normalized spacial score (nSPS) is 26.6. The molecule has 2 saturated heterocycles. The number of pyridine rings is 2. The van der Waals surface area contributed by atoms with E-state index in [0.29, 0.717) is 17.3 Å². The molecule has 9 heteroatoms. The monoisotopic (exact) mass is 540 g/mol. The van der Waals surface area contributed by atoms with Crippen LogP contribution in [0.1, 0.15) is 62.1 Å². The van der Waals surface area contributed by atoms with Gasteiger partial charge in [0.2, 0.25) is 0 Å². The standard InChI is InChI=1S/C31H40N8O/c1-19-11-26(20-7-9-37(10-8-20)25-12-21-15-38(16-22(21)13-25)24-5-4-6-24)34-31-28(19)35-29(36(31)2)23-14-27(40-3)30-32-18-33-39(30)17-23/h11,14,17-18,20-22,24-25H,4-10,12-13,15-16H2,1-3H3/t21-,22+,25+. The van der Waals surface area contributed by atoms with Crippen LogP contribution in [0.4, 0.5) is 0 Å². The van der Waals surface area contributed by atoms with E-state index in [-0.39, 0.29) is 0 Å². The predicted molar refractivity (Wildman–Crippen MR) is 155 cm³/mol. The van der Waals surface area contributed by atoms with Crippen LogP contribution in [0.15, 0.2) is 24.7 Å². The summed E-state index contributed by atoms with van der Waals surface area (Å²) in [6, 6.07) is 5.99.